The zero-order valence-corrected chi connectivity index (χ0v) is 13.0. The number of sulfonamides is 1. The first-order chi connectivity index (χ1) is 10.8. The first kappa shape index (κ1) is 15.3. The first-order valence-corrected chi connectivity index (χ1v) is 8.24. The molecule has 0 atom stereocenters. The van der Waals surface area contributed by atoms with E-state index in [-0.39, 0.29) is 11.7 Å². The van der Waals surface area contributed by atoms with Crippen LogP contribution < -0.4 is 19.9 Å². The Morgan fingerprint density at radius 2 is 1.87 bits per heavy atom. The van der Waals surface area contributed by atoms with Crippen molar-refractivity contribution in [2.75, 3.05) is 12.1 Å². The quantitative estimate of drug-likeness (QED) is 0.887. The van der Waals surface area contributed by atoms with Gasteiger partial charge in [0.05, 0.1) is 4.90 Å². The zero-order valence-electron chi connectivity index (χ0n) is 12.2. The van der Waals surface area contributed by atoms with Gasteiger partial charge in [0.25, 0.3) is 5.91 Å². The minimum absolute atomic E-state index is 0.0269. The van der Waals surface area contributed by atoms with Gasteiger partial charge in [0, 0.05) is 11.3 Å². The lowest BCUT2D eigenvalue weighted by Gasteiger charge is -2.09. The predicted octanol–water partition coefficient (Wildman–Crippen LogP) is 1.62. The SMILES string of the molecule is Cc1ccc(NC(=O)c2ccc3c(c2)OCO3)cc1S(N)(=O)=O. The van der Waals surface area contributed by atoms with Gasteiger partial charge in [-0.3, -0.25) is 4.79 Å². The molecule has 120 valence electrons. The maximum Gasteiger partial charge on any atom is 0.255 e. The Labute approximate surface area is 133 Å². The average Bonchev–Trinajstić information content (AvgIpc) is 2.95. The van der Waals surface area contributed by atoms with Crippen LogP contribution in [0.1, 0.15) is 15.9 Å². The van der Waals surface area contributed by atoms with E-state index in [0.717, 1.165) is 0 Å². The summed E-state index contributed by atoms with van der Waals surface area (Å²) in [4.78, 5) is 12.2. The highest BCUT2D eigenvalue weighted by Crippen LogP contribution is 2.32. The Balaban J connectivity index is 1.86. The van der Waals surface area contributed by atoms with Crippen molar-refractivity contribution in [2.24, 2.45) is 5.14 Å². The Hall–Kier alpha value is -2.58. The van der Waals surface area contributed by atoms with Crippen molar-refractivity contribution in [2.45, 2.75) is 11.8 Å². The van der Waals surface area contributed by atoms with Crippen LogP contribution in [0.4, 0.5) is 5.69 Å². The van der Waals surface area contributed by atoms with E-state index >= 15 is 0 Å². The molecule has 7 nitrogen and oxygen atoms in total. The summed E-state index contributed by atoms with van der Waals surface area (Å²) in [5.41, 5.74) is 1.21. The number of aryl methyl sites for hydroxylation is 1. The van der Waals surface area contributed by atoms with Crippen LogP contribution in [0.5, 0.6) is 11.5 Å². The molecule has 2 aromatic carbocycles. The number of nitrogens with two attached hydrogens (primary N) is 1. The third-order valence-corrected chi connectivity index (χ3v) is 4.44. The molecule has 1 aliphatic heterocycles. The van der Waals surface area contributed by atoms with Crippen LogP contribution in [-0.2, 0) is 10.0 Å². The summed E-state index contributed by atoms with van der Waals surface area (Å²) in [6, 6.07) is 9.31. The van der Waals surface area contributed by atoms with Gasteiger partial charge in [-0.1, -0.05) is 6.07 Å². The molecule has 1 aliphatic rings. The summed E-state index contributed by atoms with van der Waals surface area (Å²) in [7, 11) is -3.85. The van der Waals surface area contributed by atoms with Crippen molar-refractivity contribution in [3.8, 4) is 11.5 Å². The molecule has 0 aromatic heterocycles. The number of ether oxygens (including phenoxy) is 2. The van der Waals surface area contributed by atoms with Gasteiger partial charge in [-0.25, -0.2) is 13.6 Å². The van der Waals surface area contributed by atoms with Crippen LogP contribution in [0.25, 0.3) is 0 Å². The normalized spacial score (nSPS) is 13.0. The van der Waals surface area contributed by atoms with E-state index in [2.05, 4.69) is 5.32 Å². The molecule has 0 radical (unpaired) electrons. The molecule has 0 spiro atoms. The van der Waals surface area contributed by atoms with Gasteiger partial charge in [-0.15, -0.1) is 0 Å². The van der Waals surface area contributed by atoms with Crippen LogP contribution >= 0.6 is 0 Å². The number of hydrogen-bond donors (Lipinski definition) is 2. The lowest BCUT2D eigenvalue weighted by atomic mass is 10.1. The average molecular weight is 334 g/mol. The van der Waals surface area contributed by atoms with Crippen LogP contribution in [0.3, 0.4) is 0 Å². The fourth-order valence-electron chi connectivity index (χ4n) is 2.23. The summed E-state index contributed by atoms with van der Waals surface area (Å²) >= 11 is 0. The largest absolute Gasteiger partial charge is 0.454 e. The lowest BCUT2D eigenvalue weighted by Crippen LogP contribution is -2.16. The molecule has 0 saturated heterocycles. The van der Waals surface area contributed by atoms with Crippen molar-refractivity contribution >= 4 is 21.6 Å². The summed E-state index contributed by atoms with van der Waals surface area (Å²) < 4.78 is 33.5. The van der Waals surface area contributed by atoms with E-state index < -0.39 is 15.9 Å². The fraction of sp³-hybridized carbons (Fsp3) is 0.133. The molecule has 0 aliphatic carbocycles. The predicted molar refractivity (Wildman–Crippen MR) is 83.1 cm³/mol. The molecular weight excluding hydrogens is 320 g/mol. The Morgan fingerprint density at radius 1 is 1.13 bits per heavy atom. The lowest BCUT2D eigenvalue weighted by molar-refractivity contribution is 0.102. The van der Waals surface area contributed by atoms with Crippen molar-refractivity contribution in [1.82, 2.24) is 0 Å². The van der Waals surface area contributed by atoms with Gasteiger partial charge in [-0.05, 0) is 42.8 Å². The number of rotatable bonds is 3. The monoisotopic (exact) mass is 334 g/mol. The molecule has 1 heterocycles. The number of amides is 1. The van der Waals surface area contributed by atoms with E-state index in [1.807, 2.05) is 0 Å². The minimum Gasteiger partial charge on any atom is -0.454 e. The number of hydrogen-bond acceptors (Lipinski definition) is 5. The number of benzene rings is 2. The second-order valence-electron chi connectivity index (χ2n) is 5.05. The van der Waals surface area contributed by atoms with Crippen LogP contribution in [0.2, 0.25) is 0 Å². The number of primary sulfonamides is 1. The van der Waals surface area contributed by atoms with Crippen molar-refractivity contribution in [1.29, 1.82) is 0 Å². The molecule has 3 N–H and O–H groups in total. The van der Waals surface area contributed by atoms with Gasteiger partial charge >= 0.3 is 0 Å². The van der Waals surface area contributed by atoms with Gasteiger partial charge in [0.15, 0.2) is 11.5 Å². The second kappa shape index (κ2) is 5.56. The van der Waals surface area contributed by atoms with Gasteiger partial charge in [0.1, 0.15) is 0 Å². The van der Waals surface area contributed by atoms with E-state index in [1.165, 1.54) is 6.07 Å². The Morgan fingerprint density at radius 3 is 2.61 bits per heavy atom. The number of carbonyl (C=O) groups is 1. The topological polar surface area (TPSA) is 108 Å². The molecular formula is C15H14N2O5S. The molecule has 8 heteroatoms. The highest BCUT2D eigenvalue weighted by atomic mass is 32.2. The summed E-state index contributed by atoms with van der Waals surface area (Å²) in [6.45, 7) is 1.75. The molecule has 0 bridgehead atoms. The van der Waals surface area contributed by atoms with E-state index in [0.29, 0.717) is 28.3 Å². The highest BCUT2D eigenvalue weighted by Gasteiger charge is 2.17. The van der Waals surface area contributed by atoms with Gasteiger partial charge in [-0.2, -0.15) is 0 Å². The van der Waals surface area contributed by atoms with Crippen LogP contribution in [-0.4, -0.2) is 21.1 Å². The summed E-state index contributed by atoms with van der Waals surface area (Å²) in [6.07, 6.45) is 0. The molecule has 2 aromatic rings. The summed E-state index contributed by atoms with van der Waals surface area (Å²) in [5, 5.41) is 7.79. The van der Waals surface area contributed by atoms with E-state index in [1.54, 1.807) is 37.3 Å². The Bertz CT molecular complexity index is 893. The third-order valence-electron chi connectivity index (χ3n) is 3.39. The molecule has 0 fully saturated rings. The molecule has 23 heavy (non-hydrogen) atoms. The second-order valence-corrected chi connectivity index (χ2v) is 6.58. The van der Waals surface area contributed by atoms with E-state index in [4.69, 9.17) is 14.6 Å². The Kier molecular flexibility index (Phi) is 3.70. The zero-order chi connectivity index (χ0) is 16.6. The summed E-state index contributed by atoms with van der Waals surface area (Å²) in [5.74, 6) is 0.674. The number of carbonyl (C=O) groups excluding carboxylic acids is 1. The van der Waals surface area contributed by atoms with Crippen molar-refractivity contribution in [3.05, 3.63) is 47.5 Å². The molecule has 1 amide bonds. The van der Waals surface area contributed by atoms with Crippen LogP contribution in [0, 0.1) is 6.92 Å². The third kappa shape index (κ3) is 3.13. The number of anilines is 1. The van der Waals surface area contributed by atoms with Crippen molar-refractivity contribution < 1.29 is 22.7 Å². The van der Waals surface area contributed by atoms with Gasteiger partial charge in [0.2, 0.25) is 16.8 Å². The highest BCUT2D eigenvalue weighted by molar-refractivity contribution is 7.89. The number of nitrogens with one attached hydrogen (secondary N) is 1. The maximum atomic E-state index is 12.3. The smallest absolute Gasteiger partial charge is 0.255 e. The number of fused-ring (bicyclic) bond motifs is 1. The van der Waals surface area contributed by atoms with Crippen molar-refractivity contribution in [3.63, 3.8) is 0 Å². The maximum absolute atomic E-state index is 12.3. The molecule has 0 saturated carbocycles. The fourth-order valence-corrected chi connectivity index (χ4v) is 3.03. The molecule has 0 unspecified atom stereocenters. The van der Waals surface area contributed by atoms with E-state index in [9.17, 15) is 13.2 Å². The molecule has 3 rings (SSSR count). The standard InChI is InChI=1S/C15H14N2O5S/c1-9-2-4-11(7-14(9)23(16,19)20)17-15(18)10-3-5-12-13(6-10)22-8-21-12/h2-7H,8H2,1H3,(H,17,18)(H2,16,19,20). The van der Waals surface area contributed by atoms with Crippen LogP contribution in [0.15, 0.2) is 41.3 Å². The van der Waals surface area contributed by atoms with Gasteiger partial charge < -0.3 is 14.8 Å². The minimum atomic E-state index is -3.85. The first-order valence-electron chi connectivity index (χ1n) is 6.69.